The summed E-state index contributed by atoms with van der Waals surface area (Å²) in [4.78, 5) is 14.1. The molecule has 0 atom stereocenters. The Labute approximate surface area is 142 Å². The van der Waals surface area contributed by atoms with Gasteiger partial charge in [-0.3, -0.25) is 4.79 Å². The van der Waals surface area contributed by atoms with Gasteiger partial charge in [0.25, 0.3) is 5.91 Å². The van der Waals surface area contributed by atoms with Crippen molar-refractivity contribution in [1.82, 2.24) is 10.2 Å². The number of nitriles is 1. The first-order valence-corrected chi connectivity index (χ1v) is 7.70. The van der Waals surface area contributed by atoms with Crippen LogP contribution in [0.3, 0.4) is 0 Å². The number of hydrogen-bond donors (Lipinski definition) is 1. The van der Waals surface area contributed by atoms with Crippen molar-refractivity contribution in [2.75, 3.05) is 20.7 Å². The van der Waals surface area contributed by atoms with E-state index in [1.807, 2.05) is 38.4 Å². The minimum Gasteiger partial charge on any atom is -0.482 e. The van der Waals surface area contributed by atoms with Crippen LogP contribution in [0.25, 0.3) is 0 Å². The quantitative estimate of drug-likeness (QED) is 0.849. The fourth-order valence-electron chi connectivity index (χ4n) is 2.30. The van der Waals surface area contributed by atoms with Gasteiger partial charge in [0.05, 0.1) is 5.56 Å². The Balaban J connectivity index is 1.89. The van der Waals surface area contributed by atoms with Crippen molar-refractivity contribution in [1.29, 1.82) is 5.26 Å². The van der Waals surface area contributed by atoms with Crippen molar-refractivity contribution < 1.29 is 9.53 Å². The van der Waals surface area contributed by atoms with Gasteiger partial charge in [-0.15, -0.1) is 0 Å². The fraction of sp³-hybridized carbons (Fsp3) is 0.263. The van der Waals surface area contributed by atoms with Crippen LogP contribution in [0.2, 0.25) is 0 Å². The fourth-order valence-corrected chi connectivity index (χ4v) is 2.30. The van der Waals surface area contributed by atoms with Crippen LogP contribution < -0.4 is 10.1 Å². The molecule has 2 aromatic carbocycles. The van der Waals surface area contributed by atoms with E-state index in [9.17, 15) is 4.79 Å². The lowest BCUT2D eigenvalue weighted by Crippen LogP contribution is -2.29. The van der Waals surface area contributed by atoms with E-state index in [2.05, 4.69) is 16.3 Å². The number of carbonyl (C=O) groups is 1. The lowest BCUT2D eigenvalue weighted by molar-refractivity contribution is -0.123. The molecule has 0 fully saturated rings. The van der Waals surface area contributed by atoms with Gasteiger partial charge in [0.15, 0.2) is 6.61 Å². The van der Waals surface area contributed by atoms with Gasteiger partial charge in [-0.05, 0) is 37.4 Å². The summed E-state index contributed by atoms with van der Waals surface area (Å²) in [7, 11) is 4.02. The van der Waals surface area contributed by atoms with E-state index in [1.54, 1.807) is 24.3 Å². The highest BCUT2D eigenvalue weighted by Gasteiger charge is 2.08. The third-order valence-electron chi connectivity index (χ3n) is 3.45. The second-order valence-corrected chi connectivity index (χ2v) is 5.68. The Kier molecular flexibility index (Phi) is 6.35. The summed E-state index contributed by atoms with van der Waals surface area (Å²) in [5.74, 6) is 0.200. The third kappa shape index (κ3) is 5.11. The predicted octanol–water partition coefficient (Wildman–Crippen LogP) is 2.32. The smallest absolute Gasteiger partial charge is 0.258 e. The molecule has 0 saturated heterocycles. The summed E-state index contributed by atoms with van der Waals surface area (Å²) in [6.07, 6.45) is 0. The summed E-state index contributed by atoms with van der Waals surface area (Å²) in [5, 5.41) is 11.9. The van der Waals surface area contributed by atoms with Gasteiger partial charge in [-0.1, -0.05) is 36.4 Å². The molecule has 124 valence electrons. The van der Waals surface area contributed by atoms with Crippen LogP contribution in [-0.4, -0.2) is 31.5 Å². The number of nitrogens with zero attached hydrogens (tertiary/aromatic N) is 2. The number of rotatable bonds is 7. The molecule has 0 saturated carbocycles. The van der Waals surface area contributed by atoms with Gasteiger partial charge in [-0.2, -0.15) is 5.26 Å². The van der Waals surface area contributed by atoms with Crippen molar-refractivity contribution in [3.8, 4) is 11.8 Å². The zero-order valence-corrected chi connectivity index (χ0v) is 14.0. The number of nitrogens with one attached hydrogen (secondary N) is 1. The minimum atomic E-state index is -0.220. The first-order chi connectivity index (χ1) is 11.6. The second-order valence-electron chi connectivity index (χ2n) is 5.68. The van der Waals surface area contributed by atoms with Crippen LogP contribution in [0.4, 0.5) is 0 Å². The van der Waals surface area contributed by atoms with E-state index < -0.39 is 0 Å². The minimum absolute atomic E-state index is 0.117. The number of benzene rings is 2. The molecule has 0 heterocycles. The Hall–Kier alpha value is -2.84. The third-order valence-corrected chi connectivity index (χ3v) is 3.45. The molecular weight excluding hydrogens is 302 g/mol. The zero-order chi connectivity index (χ0) is 17.4. The van der Waals surface area contributed by atoms with E-state index in [0.717, 1.165) is 12.1 Å². The Morgan fingerprint density at radius 2 is 1.79 bits per heavy atom. The van der Waals surface area contributed by atoms with E-state index in [-0.39, 0.29) is 12.5 Å². The molecule has 2 aromatic rings. The Morgan fingerprint density at radius 3 is 2.50 bits per heavy atom. The van der Waals surface area contributed by atoms with E-state index in [4.69, 9.17) is 10.00 Å². The van der Waals surface area contributed by atoms with Crippen LogP contribution in [0.15, 0.2) is 48.5 Å². The molecule has 1 N–H and O–H groups in total. The van der Waals surface area contributed by atoms with Crippen LogP contribution in [-0.2, 0) is 17.9 Å². The van der Waals surface area contributed by atoms with Crippen LogP contribution >= 0.6 is 0 Å². The first-order valence-electron chi connectivity index (χ1n) is 7.70. The molecule has 0 aliphatic heterocycles. The highest BCUT2D eigenvalue weighted by atomic mass is 16.5. The average molecular weight is 323 g/mol. The standard InChI is InChI=1S/C19H21N3O2/c1-22(2)13-17-9-4-3-8-16(17)12-21-19(23)14-24-18-10-6-5-7-15(18)11-20/h3-10H,12-14H2,1-2H3,(H,21,23). The highest BCUT2D eigenvalue weighted by molar-refractivity contribution is 5.77. The molecule has 0 radical (unpaired) electrons. The summed E-state index contributed by atoms with van der Waals surface area (Å²) in [6.45, 7) is 1.15. The van der Waals surface area contributed by atoms with Gasteiger partial charge in [0.1, 0.15) is 11.8 Å². The molecule has 0 unspecified atom stereocenters. The number of carbonyl (C=O) groups excluding carboxylic acids is 1. The molecule has 0 spiro atoms. The van der Waals surface area contributed by atoms with Crippen molar-refractivity contribution in [3.05, 3.63) is 65.2 Å². The average Bonchev–Trinajstić information content (AvgIpc) is 2.59. The van der Waals surface area contributed by atoms with Gasteiger partial charge in [0, 0.05) is 13.1 Å². The van der Waals surface area contributed by atoms with Crippen LogP contribution in [0.5, 0.6) is 5.75 Å². The molecule has 1 amide bonds. The molecule has 2 rings (SSSR count). The van der Waals surface area contributed by atoms with Gasteiger partial charge < -0.3 is 15.0 Å². The second kappa shape index (κ2) is 8.70. The van der Waals surface area contributed by atoms with E-state index in [1.165, 1.54) is 5.56 Å². The maximum Gasteiger partial charge on any atom is 0.258 e. The molecule has 5 heteroatoms. The monoisotopic (exact) mass is 323 g/mol. The highest BCUT2D eigenvalue weighted by Crippen LogP contribution is 2.16. The molecule has 0 aromatic heterocycles. The summed E-state index contributed by atoms with van der Waals surface area (Å²) in [6, 6.07) is 16.9. The molecule has 5 nitrogen and oxygen atoms in total. The number of para-hydroxylation sites is 1. The summed E-state index contributed by atoms with van der Waals surface area (Å²) >= 11 is 0. The van der Waals surface area contributed by atoms with Crippen LogP contribution in [0, 0.1) is 11.3 Å². The molecule has 0 aliphatic carbocycles. The number of amides is 1. The molecular formula is C19H21N3O2. The molecule has 24 heavy (non-hydrogen) atoms. The van der Waals surface area contributed by atoms with Gasteiger partial charge in [0.2, 0.25) is 0 Å². The molecule has 0 aliphatic rings. The summed E-state index contributed by atoms with van der Waals surface area (Å²) in [5.41, 5.74) is 2.68. The lowest BCUT2D eigenvalue weighted by atomic mass is 10.1. The predicted molar refractivity (Wildman–Crippen MR) is 92.3 cm³/mol. The van der Waals surface area contributed by atoms with Crippen molar-refractivity contribution in [3.63, 3.8) is 0 Å². The summed E-state index contributed by atoms with van der Waals surface area (Å²) < 4.78 is 5.43. The largest absolute Gasteiger partial charge is 0.482 e. The zero-order valence-electron chi connectivity index (χ0n) is 14.0. The maximum atomic E-state index is 12.0. The number of hydrogen-bond acceptors (Lipinski definition) is 4. The topological polar surface area (TPSA) is 65.4 Å². The maximum absolute atomic E-state index is 12.0. The van der Waals surface area contributed by atoms with E-state index in [0.29, 0.717) is 17.9 Å². The normalized spacial score (nSPS) is 10.2. The Morgan fingerprint density at radius 1 is 1.12 bits per heavy atom. The number of ether oxygens (including phenoxy) is 1. The lowest BCUT2D eigenvalue weighted by Gasteiger charge is -2.15. The van der Waals surface area contributed by atoms with Crippen molar-refractivity contribution >= 4 is 5.91 Å². The SMILES string of the molecule is CN(C)Cc1ccccc1CNC(=O)COc1ccccc1C#N. The van der Waals surface area contributed by atoms with Crippen molar-refractivity contribution in [2.24, 2.45) is 0 Å². The van der Waals surface area contributed by atoms with Gasteiger partial charge >= 0.3 is 0 Å². The van der Waals surface area contributed by atoms with Crippen molar-refractivity contribution in [2.45, 2.75) is 13.1 Å². The van der Waals surface area contributed by atoms with Gasteiger partial charge in [-0.25, -0.2) is 0 Å². The van der Waals surface area contributed by atoms with E-state index >= 15 is 0 Å². The van der Waals surface area contributed by atoms with Crippen LogP contribution in [0.1, 0.15) is 16.7 Å². The first kappa shape index (κ1) is 17.5. The Bertz CT molecular complexity index is 735. The molecule has 0 bridgehead atoms.